The van der Waals surface area contributed by atoms with Crippen LogP contribution in [0.3, 0.4) is 0 Å². The Labute approximate surface area is 128 Å². The average molecular weight is 290 g/mol. The fourth-order valence-electron chi connectivity index (χ4n) is 2.15. The van der Waals surface area contributed by atoms with Crippen molar-refractivity contribution < 1.29 is 4.74 Å². The molecule has 2 aromatic carbocycles. The lowest BCUT2D eigenvalue weighted by Gasteiger charge is -2.06. The van der Waals surface area contributed by atoms with Gasteiger partial charge >= 0.3 is 0 Å². The summed E-state index contributed by atoms with van der Waals surface area (Å²) in [4.78, 5) is 0. The van der Waals surface area contributed by atoms with Crippen LogP contribution in [0, 0.1) is 11.3 Å². The third kappa shape index (κ3) is 2.91. The molecule has 0 atom stereocenters. The number of aromatic amines is 1. The molecule has 0 unspecified atom stereocenters. The number of para-hydroxylation sites is 1. The van der Waals surface area contributed by atoms with Crippen molar-refractivity contribution in [2.45, 2.75) is 6.42 Å². The molecule has 0 aliphatic rings. The number of nitrogens with two attached hydrogens (primary N) is 1. The maximum absolute atomic E-state index is 9.06. The first-order valence-electron chi connectivity index (χ1n) is 6.81. The number of aromatic nitrogens is 2. The molecule has 1 heterocycles. The van der Waals surface area contributed by atoms with Gasteiger partial charge in [0.05, 0.1) is 5.69 Å². The SMILES string of the molecule is N#Cc1c(N)n[nH]c1Cc1ccc(Oc2ccccc2)cc1. The molecular formula is C17H14N4O. The van der Waals surface area contributed by atoms with Crippen molar-refractivity contribution in [2.75, 3.05) is 5.73 Å². The lowest BCUT2D eigenvalue weighted by atomic mass is 10.1. The van der Waals surface area contributed by atoms with E-state index < -0.39 is 0 Å². The van der Waals surface area contributed by atoms with Gasteiger partial charge in [0.25, 0.3) is 0 Å². The minimum Gasteiger partial charge on any atom is -0.457 e. The lowest BCUT2D eigenvalue weighted by Crippen LogP contribution is -1.93. The van der Waals surface area contributed by atoms with Crippen LogP contribution in [0.15, 0.2) is 54.6 Å². The molecule has 0 aliphatic carbocycles. The maximum Gasteiger partial charge on any atom is 0.163 e. The van der Waals surface area contributed by atoms with Crippen LogP contribution < -0.4 is 10.5 Å². The third-order valence-electron chi connectivity index (χ3n) is 3.26. The summed E-state index contributed by atoms with van der Waals surface area (Å²) in [5.74, 6) is 1.80. The molecule has 0 radical (unpaired) electrons. The van der Waals surface area contributed by atoms with Gasteiger partial charge in [0.1, 0.15) is 23.1 Å². The Bertz CT molecular complexity index is 801. The molecule has 5 heteroatoms. The molecule has 0 spiro atoms. The molecule has 5 nitrogen and oxygen atoms in total. The van der Waals surface area contributed by atoms with E-state index in [-0.39, 0.29) is 5.82 Å². The second kappa shape index (κ2) is 6.02. The molecule has 3 aromatic rings. The number of hydrogen-bond donors (Lipinski definition) is 2. The zero-order valence-electron chi connectivity index (χ0n) is 11.8. The molecule has 108 valence electrons. The van der Waals surface area contributed by atoms with E-state index in [1.807, 2.05) is 54.6 Å². The molecule has 0 aliphatic heterocycles. The summed E-state index contributed by atoms with van der Waals surface area (Å²) in [5.41, 5.74) is 7.80. The number of nitriles is 1. The fraction of sp³-hybridized carbons (Fsp3) is 0.0588. The lowest BCUT2D eigenvalue weighted by molar-refractivity contribution is 0.482. The first-order valence-corrected chi connectivity index (χ1v) is 6.81. The zero-order chi connectivity index (χ0) is 15.4. The van der Waals surface area contributed by atoms with Crippen molar-refractivity contribution in [3.8, 4) is 17.6 Å². The smallest absolute Gasteiger partial charge is 0.163 e. The quantitative estimate of drug-likeness (QED) is 0.772. The molecule has 3 rings (SSSR count). The van der Waals surface area contributed by atoms with E-state index >= 15 is 0 Å². The van der Waals surface area contributed by atoms with Crippen molar-refractivity contribution in [3.05, 3.63) is 71.4 Å². The number of nitrogen functional groups attached to an aromatic ring is 1. The minimum absolute atomic E-state index is 0.238. The van der Waals surface area contributed by atoms with Gasteiger partial charge in [-0.15, -0.1) is 0 Å². The van der Waals surface area contributed by atoms with E-state index in [1.54, 1.807) is 0 Å². The summed E-state index contributed by atoms with van der Waals surface area (Å²) in [6.45, 7) is 0. The van der Waals surface area contributed by atoms with Crippen molar-refractivity contribution in [3.63, 3.8) is 0 Å². The minimum atomic E-state index is 0.238. The molecule has 0 saturated carbocycles. The van der Waals surface area contributed by atoms with E-state index in [9.17, 15) is 0 Å². The standard InChI is InChI=1S/C17H14N4O/c18-11-15-16(20-21-17(15)19)10-12-6-8-14(9-7-12)22-13-4-2-1-3-5-13/h1-9H,10H2,(H3,19,20,21). The number of nitrogens with one attached hydrogen (secondary N) is 1. The van der Waals surface area contributed by atoms with Gasteiger partial charge in [-0.3, -0.25) is 5.10 Å². The first-order chi connectivity index (χ1) is 10.8. The van der Waals surface area contributed by atoms with E-state index in [0.29, 0.717) is 12.0 Å². The second-order valence-corrected chi connectivity index (χ2v) is 4.81. The Balaban J connectivity index is 1.73. The number of benzene rings is 2. The summed E-state index contributed by atoms with van der Waals surface area (Å²) < 4.78 is 5.74. The Morgan fingerprint density at radius 2 is 1.73 bits per heavy atom. The van der Waals surface area contributed by atoms with Crippen LogP contribution in [0.4, 0.5) is 5.82 Å². The summed E-state index contributed by atoms with van der Waals surface area (Å²) in [5, 5.41) is 15.7. The van der Waals surface area contributed by atoms with Crippen molar-refractivity contribution in [1.82, 2.24) is 10.2 Å². The van der Waals surface area contributed by atoms with Crippen LogP contribution in [-0.4, -0.2) is 10.2 Å². The average Bonchev–Trinajstić information content (AvgIpc) is 2.90. The maximum atomic E-state index is 9.06. The molecular weight excluding hydrogens is 276 g/mol. The fourth-order valence-corrected chi connectivity index (χ4v) is 2.15. The van der Waals surface area contributed by atoms with Gasteiger partial charge in [-0.1, -0.05) is 30.3 Å². The third-order valence-corrected chi connectivity index (χ3v) is 3.26. The number of H-pyrrole nitrogens is 1. The summed E-state index contributed by atoms with van der Waals surface area (Å²) in [6.07, 6.45) is 0.568. The summed E-state index contributed by atoms with van der Waals surface area (Å²) >= 11 is 0. The highest BCUT2D eigenvalue weighted by Gasteiger charge is 2.10. The number of ether oxygens (including phenoxy) is 1. The van der Waals surface area contributed by atoms with Crippen LogP contribution in [0.2, 0.25) is 0 Å². The second-order valence-electron chi connectivity index (χ2n) is 4.81. The van der Waals surface area contributed by atoms with E-state index in [1.165, 1.54) is 0 Å². The van der Waals surface area contributed by atoms with Gasteiger partial charge in [-0.2, -0.15) is 10.4 Å². The number of rotatable bonds is 4. The van der Waals surface area contributed by atoms with Crippen molar-refractivity contribution in [2.24, 2.45) is 0 Å². The predicted molar refractivity (Wildman–Crippen MR) is 83.5 cm³/mol. The topological polar surface area (TPSA) is 87.7 Å². The van der Waals surface area contributed by atoms with Gasteiger partial charge in [0.2, 0.25) is 0 Å². The summed E-state index contributed by atoms with van der Waals surface area (Å²) in [6, 6.07) is 19.4. The van der Waals surface area contributed by atoms with Gasteiger partial charge in [0.15, 0.2) is 5.82 Å². The van der Waals surface area contributed by atoms with Crippen molar-refractivity contribution >= 4 is 5.82 Å². The molecule has 3 N–H and O–H groups in total. The Morgan fingerprint density at radius 3 is 2.41 bits per heavy atom. The Hall–Kier alpha value is -3.26. The number of hydrogen-bond acceptors (Lipinski definition) is 4. The van der Waals surface area contributed by atoms with E-state index in [4.69, 9.17) is 15.7 Å². The van der Waals surface area contributed by atoms with Crippen LogP contribution in [-0.2, 0) is 6.42 Å². The van der Waals surface area contributed by atoms with Crippen LogP contribution in [0.1, 0.15) is 16.8 Å². The Morgan fingerprint density at radius 1 is 1.05 bits per heavy atom. The van der Waals surface area contributed by atoms with Gasteiger partial charge < -0.3 is 10.5 Å². The predicted octanol–water partition coefficient (Wildman–Crippen LogP) is 3.25. The van der Waals surface area contributed by atoms with E-state index in [2.05, 4.69) is 16.3 Å². The Kier molecular flexibility index (Phi) is 3.75. The van der Waals surface area contributed by atoms with Crippen LogP contribution in [0.5, 0.6) is 11.5 Å². The summed E-state index contributed by atoms with van der Waals surface area (Å²) in [7, 11) is 0. The van der Waals surface area contributed by atoms with Crippen LogP contribution in [0.25, 0.3) is 0 Å². The molecule has 0 bridgehead atoms. The van der Waals surface area contributed by atoms with Crippen LogP contribution >= 0.6 is 0 Å². The van der Waals surface area contributed by atoms with E-state index in [0.717, 1.165) is 22.8 Å². The van der Waals surface area contributed by atoms with Gasteiger partial charge in [-0.25, -0.2) is 0 Å². The van der Waals surface area contributed by atoms with Gasteiger partial charge in [-0.05, 0) is 29.8 Å². The zero-order valence-corrected chi connectivity index (χ0v) is 11.8. The highest BCUT2D eigenvalue weighted by atomic mass is 16.5. The highest BCUT2D eigenvalue weighted by Crippen LogP contribution is 2.22. The molecule has 0 saturated heterocycles. The number of nitrogens with zero attached hydrogens (tertiary/aromatic N) is 2. The van der Waals surface area contributed by atoms with Gasteiger partial charge in [0, 0.05) is 6.42 Å². The monoisotopic (exact) mass is 290 g/mol. The molecule has 0 amide bonds. The molecule has 1 aromatic heterocycles. The van der Waals surface area contributed by atoms with Crippen molar-refractivity contribution in [1.29, 1.82) is 5.26 Å². The normalized spacial score (nSPS) is 10.1. The molecule has 0 fully saturated rings. The highest BCUT2D eigenvalue weighted by molar-refractivity contribution is 5.52. The number of anilines is 1. The first kappa shape index (κ1) is 13.7. The largest absolute Gasteiger partial charge is 0.457 e. The molecule has 22 heavy (non-hydrogen) atoms.